The second kappa shape index (κ2) is 2.84. The van der Waals surface area contributed by atoms with Crippen molar-refractivity contribution in [2.24, 2.45) is 0 Å². The zero-order chi connectivity index (χ0) is 7.56. The van der Waals surface area contributed by atoms with Gasteiger partial charge >= 0.3 is 0 Å². The molecule has 1 heterocycles. The van der Waals surface area contributed by atoms with Crippen LogP contribution in [0.2, 0.25) is 0 Å². The lowest BCUT2D eigenvalue weighted by molar-refractivity contribution is -0.128. The number of carbonyl (C=O) groups excluding carboxylic acids is 1. The molecule has 56 valence electrons. The number of nitrogens with zero attached hydrogens (tertiary/aromatic N) is 1. The van der Waals surface area contributed by atoms with Gasteiger partial charge in [0.25, 0.3) is 0 Å². The third kappa shape index (κ3) is 1.36. The van der Waals surface area contributed by atoms with Gasteiger partial charge in [0, 0.05) is 19.7 Å². The predicted octanol–water partition coefficient (Wildman–Crippen LogP) is 0.115. The largest absolute Gasteiger partial charge is 0.392 e. The highest BCUT2D eigenvalue weighted by Crippen LogP contribution is 2.12. The van der Waals surface area contributed by atoms with E-state index >= 15 is 0 Å². The van der Waals surface area contributed by atoms with Crippen molar-refractivity contribution in [2.75, 3.05) is 13.7 Å². The number of carbonyl (C=O) groups is 1. The van der Waals surface area contributed by atoms with Gasteiger partial charge in [-0.15, -0.1) is 0 Å². The summed E-state index contributed by atoms with van der Waals surface area (Å²) in [4.78, 5) is 12.4. The van der Waals surface area contributed by atoms with E-state index in [0.29, 0.717) is 12.8 Å². The van der Waals surface area contributed by atoms with Crippen LogP contribution >= 0.6 is 0 Å². The lowest BCUT2D eigenvalue weighted by atomic mass is 10.1. The van der Waals surface area contributed by atoms with Crippen LogP contribution in [0, 0.1) is 0 Å². The van der Waals surface area contributed by atoms with E-state index in [0.717, 1.165) is 5.57 Å². The van der Waals surface area contributed by atoms with Crippen LogP contribution in [-0.2, 0) is 4.79 Å². The van der Waals surface area contributed by atoms with Gasteiger partial charge in [-0.25, -0.2) is 0 Å². The van der Waals surface area contributed by atoms with E-state index in [1.54, 1.807) is 13.2 Å². The van der Waals surface area contributed by atoms with Crippen molar-refractivity contribution in [3.63, 3.8) is 0 Å². The van der Waals surface area contributed by atoms with E-state index in [-0.39, 0.29) is 12.5 Å². The average molecular weight is 141 g/mol. The number of aliphatic hydroxyl groups excluding tert-OH is 1. The molecule has 1 rings (SSSR count). The molecular weight excluding hydrogens is 130 g/mol. The number of rotatable bonds is 1. The Morgan fingerprint density at radius 1 is 1.70 bits per heavy atom. The maximum atomic E-state index is 10.9. The van der Waals surface area contributed by atoms with E-state index in [4.69, 9.17) is 5.11 Å². The molecule has 1 N–H and O–H groups in total. The molecular formula is C7H11NO2. The van der Waals surface area contributed by atoms with Gasteiger partial charge in [0.2, 0.25) is 5.91 Å². The Morgan fingerprint density at radius 3 is 2.90 bits per heavy atom. The zero-order valence-corrected chi connectivity index (χ0v) is 6.00. The van der Waals surface area contributed by atoms with Crippen LogP contribution in [0.3, 0.4) is 0 Å². The molecule has 10 heavy (non-hydrogen) atoms. The molecule has 0 saturated heterocycles. The molecule has 0 aromatic carbocycles. The molecule has 0 aromatic rings. The second-order valence-electron chi connectivity index (χ2n) is 2.45. The molecule has 0 spiro atoms. The summed E-state index contributed by atoms with van der Waals surface area (Å²) in [5.41, 5.74) is 0.933. The molecule has 0 atom stereocenters. The molecule has 3 heteroatoms. The van der Waals surface area contributed by atoms with E-state index in [1.165, 1.54) is 4.90 Å². The topological polar surface area (TPSA) is 40.5 Å². The van der Waals surface area contributed by atoms with Gasteiger partial charge in [0.15, 0.2) is 0 Å². The molecule has 1 aliphatic rings. The van der Waals surface area contributed by atoms with Crippen LogP contribution in [0.1, 0.15) is 12.8 Å². The maximum Gasteiger partial charge on any atom is 0.226 e. The molecule has 1 amide bonds. The highest BCUT2D eigenvalue weighted by atomic mass is 16.3. The van der Waals surface area contributed by atoms with Crippen LogP contribution in [0.4, 0.5) is 0 Å². The third-order valence-electron chi connectivity index (χ3n) is 1.63. The maximum absolute atomic E-state index is 10.9. The first-order valence-corrected chi connectivity index (χ1v) is 3.30. The molecule has 0 radical (unpaired) electrons. The van der Waals surface area contributed by atoms with Crippen LogP contribution in [0.15, 0.2) is 11.8 Å². The monoisotopic (exact) mass is 141 g/mol. The Hall–Kier alpha value is -0.830. The Labute approximate surface area is 59.9 Å². The number of aliphatic hydroxyl groups is 1. The SMILES string of the molecule is CN1C=C(CO)CCC1=O. The van der Waals surface area contributed by atoms with Crippen molar-refractivity contribution in [3.05, 3.63) is 11.8 Å². The van der Waals surface area contributed by atoms with Crippen LogP contribution in [0.25, 0.3) is 0 Å². The fourth-order valence-electron chi connectivity index (χ4n) is 0.974. The van der Waals surface area contributed by atoms with Crippen molar-refractivity contribution in [1.82, 2.24) is 4.90 Å². The first-order chi connectivity index (χ1) is 4.74. The van der Waals surface area contributed by atoms with Crippen molar-refractivity contribution >= 4 is 5.91 Å². The quantitative estimate of drug-likeness (QED) is 0.563. The minimum atomic E-state index is 0.0671. The Kier molecular flexibility index (Phi) is 2.06. The van der Waals surface area contributed by atoms with Gasteiger partial charge in [0.1, 0.15) is 0 Å². The summed E-state index contributed by atoms with van der Waals surface area (Å²) in [6, 6.07) is 0. The minimum Gasteiger partial charge on any atom is -0.392 e. The number of hydrogen-bond donors (Lipinski definition) is 1. The van der Waals surface area contributed by atoms with E-state index in [2.05, 4.69) is 0 Å². The highest BCUT2D eigenvalue weighted by molar-refractivity contribution is 5.78. The Morgan fingerprint density at radius 2 is 2.40 bits per heavy atom. The molecule has 0 aliphatic carbocycles. The molecule has 0 bridgehead atoms. The van der Waals surface area contributed by atoms with E-state index in [1.807, 2.05) is 0 Å². The lowest BCUT2D eigenvalue weighted by Gasteiger charge is -2.19. The standard InChI is InChI=1S/C7H11NO2/c1-8-4-6(5-9)2-3-7(8)10/h4,9H,2-3,5H2,1H3. The van der Waals surface area contributed by atoms with Gasteiger partial charge in [-0.1, -0.05) is 0 Å². The third-order valence-corrected chi connectivity index (χ3v) is 1.63. The molecule has 1 aliphatic heterocycles. The van der Waals surface area contributed by atoms with E-state index in [9.17, 15) is 4.79 Å². The van der Waals surface area contributed by atoms with Crippen LogP contribution < -0.4 is 0 Å². The summed E-state index contributed by atoms with van der Waals surface area (Å²) in [6.07, 6.45) is 2.94. The smallest absolute Gasteiger partial charge is 0.226 e. The van der Waals surface area contributed by atoms with Crippen molar-refractivity contribution < 1.29 is 9.90 Å². The summed E-state index contributed by atoms with van der Waals surface area (Å²) in [6.45, 7) is 0.0671. The van der Waals surface area contributed by atoms with Gasteiger partial charge in [0.05, 0.1) is 6.61 Å². The van der Waals surface area contributed by atoms with Crippen molar-refractivity contribution in [1.29, 1.82) is 0 Å². The number of hydrogen-bond acceptors (Lipinski definition) is 2. The molecule has 0 unspecified atom stereocenters. The molecule has 3 nitrogen and oxygen atoms in total. The molecule has 0 saturated carbocycles. The average Bonchev–Trinajstić information content (AvgIpc) is 1.95. The van der Waals surface area contributed by atoms with Crippen LogP contribution in [0.5, 0.6) is 0 Å². The number of amides is 1. The predicted molar refractivity (Wildman–Crippen MR) is 37.2 cm³/mol. The summed E-state index contributed by atoms with van der Waals surface area (Å²) < 4.78 is 0. The Balaban J connectivity index is 2.65. The van der Waals surface area contributed by atoms with Crippen LogP contribution in [-0.4, -0.2) is 29.6 Å². The first-order valence-electron chi connectivity index (χ1n) is 3.30. The summed E-state index contributed by atoms with van der Waals surface area (Å²) >= 11 is 0. The highest BCUT2D eigenvalue weighted by Gasteiger charge is 2.13. The summed E-state index contributed by atoms with van der Waals surface area (Å²) in [7, 11) is 1.71. The van der Waals surface area contributed by atoms with E-state index < -0.39 is 0 Å². The summed E-state index contributed by atoms with van der Waals surface area (Å²) in [5, 5.41) is 8.69. The minimum absolute atomic E-state index is 0.0671. The van der Waals surface area contributed by atoms with Crippen molar-refractivity contribution in [2.45, 2.75) is 12.8 Å². The van der Waals surface area contributed by atoms with Gasteiger partial charge in [-0.2, -0.15) is 0 Å². The lowest BCUT2D eigenvalue weighted by Crippen LogP contribution is -2.25. The molecule has 0 fully saturated rings. The Bertz CT molecular complexity index is 174. The van der Waals surface area contributed by atoms with Crippen molar-refractivity contribution in [3.8, 4) is 0 Å². The normalized spacial score (nSPS) is 19.2. The second-order valence-corrected chi connectivity index (χ2v) is 2.45. The zero-order valence-electron chi connectivity index (χ0n) is 6.00. The fourth-order valence-corrected chi connectivity index (χ4v) is 0.974. The van der Waals surface area contributed by atoms with Gasteiger partial charge in [-0.05, 0) is 12.0 Å². The van der Waals surface area contributed by atoms with Gasteiger partial charge < -0.3 is 10.0 Å². The fraction of sp³-hybridized carbons (Fsp3) is 0.571. The summed E-state index contributed by atoms with van der Waals surface area (Å²) in [5.74, 6) is 0.122. The first kappa shape index (κ1) is 7.28. The van der Waals surface area contributed by atoms with Gasteiger partial charge in [-0.3, -0.25) is 4.79 Å². The molecule has 0 aromatic heterocycles.